The van der Waals surface area contributed by atoms with Crippen LogP contribution in [0.1, 0.15) is 11.1 Å². The van der Waals surface area contributed by atoms with Crippen molar-refractivity contribution >= 4 is 11.8 Å². The van der Waals surface area contributed by atoms with Gasteiger partial charge in [0.25, 0.3) is 0 Å². The van der Waals surface area contributed by atoms with Gasteiger partial charge in [0, 0.05) is 11.3 Å². The van der Waals surface area contributed by atoms with Crippen molar-refractivity contribution in [2.24, 2.45) is 0 Å². The average Bonchev–Trinajstić information content (AvgIpc) is 2.03. The summed E-state index contributed by atoms with van der Waals surface area (Å²) in [4.78, 5) is 10.4. The highest BCUT2D eigenvalue weighted by Crippen LogP contribution is 2.17. The van der Waals surface area contributed by atoms with Crippen LogP contribution in [0.5, 0.6) is 0 Å². The third kappa shape index (κ3) is 2.45. The van der Waals surface area contributed by atoms with Gasteiger partial charge in [0.2, 0.25) is 0 Å². The standard InChI is InChI=1S/C9H11NO3/c1-6-2-3-7(5-11)8(4-6)10-9(12)13/h2-4,10-11H,5H2,1H3,(H,12,13). The van der Waals surface area contributed by atoms with E-state index in [1.807, 2.05) is 13.0 Å². The number of nitrogens with one attached hydrogen (secondary N) is 1. The van der Waals surface area contributed by atoms with Crippen molar-refractivity contribution in [2.45, 2.75) is 13.5 Å². The number of carboxylic acid groups (broad SMARTS) is 1. The zero-order valence-corrected chi connectivity index (χ0v) is 7.24. The average molecular weight is 181 g/mol. The Kier molecular flexibility index (Phi) is 2.87. The lowest BCUT2D eigenvalue weighted by molar-refractivity contribution is 0.209. The van der Waals surface area contributed by atoms with Gasteiger partial charge in [-0.1, -0.05) is 12.1 Å². The topological polar surface area (TPSA) is 69.6 Å². The number of aliphatic hydroxyl groups is 1. The first-order valence-electron chi connectivity index (χ1n) is 3.84. The molecule has 0 radical (unpaired) electrons. The molecule has 3 N–H and O–H groups in total. The Morgan fingerprint density at radius 3 is 2.77 bits per heavy atom. The molecule has 0 aliphatic rings. The number of hydrogen-bond donors (Lipinski definition) is 3. The van der Waals surface area contributed by atoms with Gasteiger partial charge in [-0.3, -0.25) is 5.32 Å². The van der Waals surface area contributed by atoms with Gasteiger partial charge in [0.1, 0.15) is 0 Å². The van der Waals surface area contributed by atoms with Crippen LogP contribution in [0.15, 0.2) is 18.2 Å². The second-order valence-electron chi connectivity index (χ2n) is 2.75. The van der Waals surface area contributed by atoms with Crippen LogP contribution in [-0.2, 0) is 6.61 Å². The van der Waals surface area contributed by atoms with Crippen LogP contribution in [-0.4, -0.2) is 16.3 Å². The van der Waals surface area contributed by atoms with E-state index in [1.54, 1.807) is 12.1 Å². The molecule has 0 saturated heterocycles. The maximum Gasteiger partial charge on any atom is 0.409 e. The highest BCUT2D eigenvalue weighted by Gasteiger charge is 2.03. The SMILES string of the molecule is Cc1ccc(CO)c(NC(=O)O)c1. The molecule has 0 aromatic heterocycles. The van der Waals surface area contributed by atoms with Crippen LogP contribution in [0.2, 0.25) is 0 Å². The second-order valence-corrected chi connectivity index (χ2v) is 2.75. The van der Waals surface area contributed by atoms with Gasteiger partial charge >= 0.3 is 6.09 Å². The lowest BCUT2D eigenvalue weighted by atomic mass is 10.1. The van der Waals surface area contributed by atoms with E-state index in [2.05, 4.69) is 5.32 Å². The number of aryl methyl sites for hydroxylation is 1. The molecule has 1 aromatic rings. The molecular formula is C9H11NO3. The van der Waals surface area contributed by atoms with Gasteiger partial charge in [0.15, 0.2) is 0 Å². The third-order valence-electron chi connectivity index (χ3n) is 1.68. The summed E-state index contributed by atoms with van der Waals surface area (Å²) in [6.45, 7) is 1.68. The molecule has 13 heavy (non-hydrogen) atoms. The lowest BCUT2D eigenvalue weighted by Crippen LogP contribution is -2.09. The molecule has 0 bridgehead atoms. The molecule has 70 valence electrons. The van der Waals surface area contributed by atoms with Crippen molar-refractivity contribution in [2.75, 3.05) is 5.32 Å². The van der Waals surface area contributed by atoms with Crippen LogP contribution in [0.4, 0.5) is 10.5 Å². The summed E-state index contributed by atoms with van der Waals surface area (Å²) in [7, 11) is 0. The van der Waals surface area contributed by atoms with Crippen LogP contribution in [0.3, 0.4) is 0 Å². The first kappa shape index (κ1) is 9.54. The Labute approximate surface area is 75.8 Å². The summed E-state index contributed by atoms with van der Waals surface area (Å²) < 4.78 is 0. The number of benzene rings is 1. The summed E-state index contributed by atoms with van der Waals surface area (Å²) in [5.41, 5.74) is 1.96. The smallest absolute Gasteiger partial charge is 0.409 e. The van der Waals surface area contributed by atoms with E-state index < -0.39 is 6.09 Å². The molecule has 0 atom stereocenters. The van der Waals surface area contributed by atoms with E-state index in [0.29, 0.717) is 11.3 Å². The quantitative estimate of drug-likeness (QED) is 0.648. The third-order valence-corrected chi connectivity index (χ3v) is 1.68. The fourth-order valence-electron chi connectivity index (χ4n) is 1.06. The highest BCUT2D eigenvalue weighted by molar-refractivity contribution is 5.84. The molecule has 0 spiro atoms. The van der Waals surface area contributed by atoms with Gasteiger partial charge in [-0.05, 0) is 18.6 Å². The van der Waals surface area contributed by atoms with Crippen LogP contribution in [0.25, 0.3) is 0 Å². The Hall–Kier alpha value is -1.55. The molecule has 0 aliphatic heterocycles. The number of aliphatic hydroxyl groups excluding tert-OH is 1. The minimum absolute atomic E-state index is 0.171. The molecule has 4 heteroatoms. The van der Waals surface area contributed by atoms with Gasteiger partial charge in [-0.25, -0.2) is 4.79 Å². The predicted molar refractivity (Wildman–Crippen MR) is 48.7 cm³/mol. The molecule has 0 unspecified atom stereocenters. The van der Waals surface area contributed by atoms with Crippen LogP contribution < -0.4 is 5.32 Å². The summed E-state index contributed by atoms with van der Waals surface area (Å²) in [5.74, 6) is 0. The normalized spacial score (nSPS) is 9.69. The number of amides is 1. The van der Waals surface area contributed by atoms with Crippen LogP contribution in [0, 0.1) is 6.92 Å². The summed E-state index contributed by atoms with van der Waals surface area (Å²) in [6, 6.07) is 5.19. The fraction of sp³-hybridized carbons (Fsp3) is 0.222. The van der Waals surface area contributed by atoms with Crippen molar-refractivity contribution in [1.82, 2.24) is 0 Å². The van der Waals surface area contributed by atoms with E-state index in [9.17, 15) is 4.79 Å². The highest BCUT2D eigenvalue weighted by atomic mass is 16.4. The zero-order chi connectivity index (χ0) is 9.84. The summed E-state index contributed by atoms with van der Waals surface area (Å²) in [5, 5.41) is 19.6. The number of anilines is 1. The van der Waals surface area contributed by atoms with Crippen molar-refractivity contribution in [3.8, 4) is 0 Å². The van der Waals surface area contributed by atoms with E-state index in [4.69, 9.17) is 10.2 Å². The first-order chi connectivity index (χ1) is 6.13. The lowest BCUT2D eigenvalue weighted by Gasteiger charge is -2.07. The monoisotopic (exact) mass is 181 g/mol. The molecule has 1 amide bonds. The van der Waals surface area contributed by atoms with Crippen molar-refractivity contribution in [1.29, 1.82) is 0 Å². The number of hydrogen-bond acceptors (Lipinski definition) is 2. The molecule has 0 fully saturated rings. The Morgan fingerprint density at radius 2 is 2.23 bits per heavy atom. The van der Waals surface area contributed by atoms with Gasteiger partial charge in [-0.15, -0.1) is 0 Å². The maximum absolute atomic E-state index is 10.4. The first-order valence-corrected chi connectivity index (χ1v) is 3.84. The molecule has 1 aromatic carbocycles. The molecule has 0 saturated carbocycles. The van der Waals surface area contributed by atoms with E-state index >= 15 is 0 Å². The summed E-state index contributed by atoms with van der Waals surface area (Å²) in [6.07, 6.45) is -1.12. The second kappa shape index (κ2) is 3.91. The van der Waals surface area contributed by atoms with Gasteiger partial charge < -0.3 is 10.2 Å². The van der Waals surface area contributed by atoms with E-state index in [0.717, 1.165) is 5.56 Å². The van der Waals surface area contributed by atoms with Gasteiger partial charge in [0.05, 0.1) is 6.61 Å². The molecule has 0 heterocycles. The largest absolute Gasteiger partial charge is 0.465 e. The van der Waals surface area contributed by atoms with E-state index in [1.165, 1.54) is 0 Å². The summed E-state index contributed by atoms with van der Waals surface area (Å²) >= 11 is 0. The van der Waals surface area contributed by atoms with Crippen molar-refractivity contribution in [3.63, 3.8) is 0 Å². The Bertz CT molecular complexity index is 323. The van der Waals surface area contributed by atoms with Gasteiger partial charge in [-0.2, -0.15) is 0 Å². The molecule has 0 aliphatic carbocycles. The molecular weight excluding hydrogens is 170 g/mol. The minimum atomic E-state index is -1.12. The number of rotatable bonds is 2. The van der Waals surface area contributed by atoms with E-state index in [-0.39, 0.29) is 6.61 Å². The molecule has 4 nitrogen and oxygen atoms in total. The van der Waals surface area contributed by atoms with Crippen molar-refractivity contribution in [3.05, 3.63) is 29.3 Å². The van der Waals surface area contributed by atoms with Crippen LogP contribution >= 0.6 is 0 Å². The fourth-order valence-corrected chi connectivity index (χ4v) is 1.06. The number of carbonyl (C=O) groups is 1. The minimum Gasteiger partial charge on any atom is -0.465 e. The Balaban J connectivity index is 3.01. The molecule has 1 rings (SSSR count). The Morgan fingerprint density at radius 1 is 1.54 bits per heavy atom. The maximum atomic E-state index is 10.4. The predicted octanol–water partition coefficient (Wildman–Crippen LogP) is 1.58. The van der Waals surface area contributed by atoms with Crippen molar-refractivity contribution < 1.29 is 15.0 Å². The zero-order valence-electron chi connectivity index (χ0n) is 7.24.